The van der Waals surface area contributed by atoms with Gasteiger partial charge in [0.2, 0.25) is 0 Å². The third-order valence-corrected chi connectivity index (χ3v) is 5.32. The zero-order valence-corrected chi connectivity index (χ0v) is 15.0. The fourth-order valence-corrected chi connectivity index (χ4v) is 3.28. The van der Waals surface area contributed by atoms with Crippen LogP contribution in [0.3, 0.4) is 0 Å². The summed E-state index contributed by atoms with van der Waals surface area (Å²) in [5, 5.41) is 4.52. The number of nitrogens with one attached hydrogen (secondary N) is 1. The highest BCUT2D eigenvalue weighted by molar-refractivity contribution is 7.89. The maximum atomic E-state index is 12.0. The number of hydrogen-bond acceptors (Lipinski definition) is 4. The highest BCUT2D eigenvalue weighted by Gasteiger charge is 2.12. The van der Waals surface area contributed by atoms with Crippen molar-refractivity contribution in [2.75, 3.05) is 0 Å². The second-order valence-corrected chi connectivity index (χ2v) is 7.42. The van der Waals surface area contributed by atoms with Crippen molar-refractivity contribution >= 4 is 39.4 Å². The summed E-state index contributed by atoms with van der Waals surface area (Å²) < 4.78 is 29.7. The van der Waals surface area contributed by atoms with Crippen LogP contribution in [-0.2, 0) is 10.0 Å². The van der Waals surface area contributed by atoms with E-state index in [0.29, 0.717) is 27.1 Å². The predicted octanol–water partition coefficient (Wildman–Crippen LogP) is 4.57. The largest absolute Gasteiger partial charge is 0.455 e. The van der Waals surface area contributed by atoms with Crippen LogP contribution in [0.15, 0.2) is 75.1 Å². The molecule has 5 nitrogen and oxygen atoms in total. The molecule has 0 aliphatic carbocycles. The fourth-order valence-electron chi connectivity index (χ4n) is 2.07. The minimum Gasteiger partial charge on any atom is -0.455 e. The number of hydrazone groups is 1. The summed E-state index contributed by atoms with van der Waals surface area (Å²) in [5.41, 5.74) is 0.638. The van der Waals surface area contributed by atoms with Crippen molar-refractivity contribution in [2.24, 2.45) is 5.10 Å². The average Bonchev–Trinajstić information content (AvgIpc) is 3.06. The molecular formula is C17H12Cl2N2O3S. The van der Waals surface area contributed by atoms with Crippen LogP contribution in [0.2, 0.25) is 10.0 Å². The molecule has 25 heavy (non-hydrogen) atoms. The molecule has 0 aliphatic rings. The Balaban J connectivity index is 1.76. The van der Waals surface area contributed by atoms with Crippen molar-refractivity contribution in [1.82, 2.24) is 4.83 Å². The lowest BCUT2D eigenvalue weighted by Gasteiger charge is -2.02. The number of furan rings is 1. The van der Waals surface area contributed by atoms with Gasteiger partial charge in [-0.1, -0.05) is 47.5 Å². The number of benzene rings is 2. The molecule has 128 valence electrons. The van der Waals surface area contributed by atoms with Crippen LogP contribution in [0.25, 0.3) is 11.3 Å². The van der Waals surface area contributed by atoms with Crippen molar-refractivity contribution in [1.29, 1.82) is 0 Å². The van der Waals surface area contributed by atoms with Gasteiger partial charge in [-0.05, 0) is 36.4 Å². The van der Waals surface area contributed by atoms with Crippen molar-refractivity contribution in [3.63, 3.8) is 0 Å². The van der Waals surface area contributed by atoms with E-state index in [1.807, 2.05) is 0 Å². The van der Waals surface area contributed by atoms with Gasteiger partial charge in [-0.15, -0.1) is 0 Å². The van der Waals surface area contributed by atoms with Gasteiger partial charge in [0.05, 0.1) is 21.2 Å². The molecule has 3 aromatic rings. The first-order chi connectivity index (χ1) is 12.0. The second-order valence-electron chi connectivity index (χ2n) is 4.97. The van der Waals surface area contributed by atoms with E-state index < -0.39 is 10.0 Å². The summed E-state index contributed by atoms with van der Waals surface area (Å²) in [5.74, 6) is 0.863. The van der Waals surface area contributed by atoms with Crippen LogP contribution in [0.4, 0.5) is 0 Å². The van der Waals surface area contributed by atoms with E-state index in [1.54, 1.807) is 48.5 Å². The Labute approximate surface area is 154 Å². The lowest BCUT2D eigenvalue weighted by molar-refractivity contribution is 0.573. The number of nitrogens with zero attached hydrogens (tertiary/aromatic N) is 1. The van der Waals surface area contributed by atoms with Crippen molar-refractivity contribution in [2.45, 2.75) is 4.90 Å². The molecule has 0 saturated heterocycles. The summed E-state index contributed by atoms with van der Waals surface area (Å²) in [6.45, 7) is 0. The monoisotopic (exact) mass is 394 g/mol. The molecule has 0 unspecified atom stereocenters. The minimum absolute atomic E-state index is 0.123. The van der Waals surface area contributed by atoms with Crippen molar-refractivity contribution in [3.8, 4) is 11.3 Å². The maximum absolute atomic E-state index is 12.0. The number of hydrogen-bond donors (Lipinski definition) is 1. The molecule has 0 saturated carbocycles. The Kier molecular flexibility index (Phi) is 5.13. The van der Waals surface area contributed by atoms with Crippen LogP contribution in [-0.4, -0.2) is 14.6 Å². The Morgan fingerprint density at radius 3 is 2.48 bits per heavy atom. The second kappa shape index (κ2) is 7.31. The number of halogens is 2. The van der Waals surface area contributed by atoms with E-state index in [2.05, 4.69) is 9.93 Å². The van der Waals surface area contributed by atoms with E-state index in [9.17, 15) is 8.42 Å². The maximum Gasteiger partial charge on any atom is 0.276 e. The first-order valence-corrected chi connectivity index (χ1v) is 9.35. The summed E-state index contributed by atoms with van der Waals surface area (Å²) in [4.78, 5) is 2.25. The Morgan fingerprint density at radius 2 is 1.72 bits per heavy atom. The van der Waals surface area contributed by atoms with Gasteiger partial charge in [-0.3, -0.25) is 0 Å². The molecule has 1 N–H and O–H groups in total. The molecule has 0 radical (unpaired) electrons. The van der Waals surface area contributed by atoms with Gasteiger partial charge >= 0.3 is 0 Å². The Bertz CT molecular complexity index is 1020. The summed E-state index contributed by atoms with van der Waals surface area (Å²) in [6, 6.07) is 16.5. The molecule has 0 fully saturated rings. The molecule has 0 atom stereocenters. The third kappa shape index (κ3) is 4.04. The summed E-state index contributed by atoms with van der Waals surface area (Å²) in [7, 11) is -3.72. The topological polar surface area (TPSA) is 71.7 Å². The molecule has 0 spiro atoms. The van der Waals surface area contributed by atoms with E-state index >= 15 is 0 Å². The predicted molar refractivity (Wildman–Crippen MR) is 98.5 cm³/mol. The van der Waals surface area contributed by atoms with Crippen molar-refractivity contribution in [3.05, 3.63) is 76.5 Å². The highest BCUT2D eigenvalue weighted by atomic mass is 35.5. The molecule has 3 rings (SSSR count). The standard InChI is InChI=1S/C17H12Cl2N2O3S/c18-15-8-4-7-14(17(15)19)16-10-9-12(24-16)11-20-21-25(22,23)13-5-2-1-3-6-13/h1-11,21H/b20-11-. The molecule has 0 amide bonds. The Hall–Kier alpha value is -2.28. The lowest BCUT2D eigenvalue weighted by Crippen LogP contribution is -2.18. The van der Waals surface area contributed by atoms with Gasteiger partial charge < -0.3 is 4.42 Å². The van der Waals surface area contributed by atoms with E-state index in [4.69, 9.17) is 27.6 Å². The number of rotatable bonds is 5. The normalized spacial score (nSPS) is 11.8. The zero-order chi connectivity index (χ0) is 17.9. The van der Waals surface area contributed by atoms with Crippen molar-refractivity contribution < 1.29 is 12.8 Å². The zero-order valence-electron chi connectivity index (χ0n) is 12.7. The van der Waals surface area contributed by atoms with Gasteiger partial charge in [0.1, 0.15) is 11.5 Å². The molecule has 8 heteroatoms. The molecule has 0 aliphatic heterocycles. The van der Waals surface area contributed by atoms with Gasteiger partial charge in [0.15, 0.2) is 0 Å². The van der Waals surface area contributed by atoms with E-state index in [1.165, 1.54) is 18.3 Å². The molecule has 1 aromatic heterocycles. The fraction of sp³-hybridized carbons (Fsp3) is 0. The number of sulfonamides is 1. The molecule has 1 heterocycles. The highest BCUT2D eigenvalue weighted by Crippen LogP contribution is 2.34. The van der Waals surface area contributed by atoms with Crippen LogP contribution < -0.4 is 4.83 Å². The van der Waals surface area contributed by atoms with Gasteiger partial charge in [-0.2, -0.15) is 18.4 Å². The molecule has 0 bridgehead atoms. The lowest BCUT2D eigenvalue weighted by atomic mass is 10.2. The van der Waals surface area contributed by atoms with Gasteiger partial charge in [0, 0.05) is 5.56 Å². The van der Waals surface area contributed by atoms with Gasteiger partial charge in [0.25, 0.3) is 10.0 Å². The van der Waals surface area contributed by atoms with E-state index in [-0.39, 0.29) is 4.90 Å². The quantitative estimate of drug-likeness (QED) is 0.508. The van der Waals surface area contributed by atoms with Crippen LogP contribution in [0, 0.1) is 0 Å². The van der Waals surface area contributed by atoms with Crippen LogP contribution >= 0.6 is 23.2 Å². The van der Waals surface area contributed by atoms with Crippen LogP contribution in [0.5, 0.6) is 0 Å². The summed E-state index contributed by atoms with van der Waals surface area (Å²) in [6.07, 6.45) is 1.27. The molecular weight excluding hydrogens is 383 g/mol. The van der Waals surface area contributed by atoms with Crippen LogP contribution in [0.1, 0.15) is 5.76 Å². The average molecular weight is 395 g/mol. The SMILES string of the molecule is O=S(=O)(N/N=C\c1ccc(-c2cccc(Cl)c2Cl)o1)c1ccccc1. The smallest absolute Gasteiger partial charge is 0.276 e. The first-order valence-electron chi connectivity index (χ1n) is 7.11. The van der Waals surface area contributed by atoms with Gasteiger partial charge in [-0.25, -0.2) is 0 Å². The van der Waals surface area contributed by atoms with E-state index in [0.717, 1.165) is 0 Å². The molecule has 2 aromatic carbocycles. The summed E-state index contributed by atoms with van der Waals surface area (Å²) >= 11 is 12.1. The third-order valence-electron chi connectivity index (χ3n) is 3.26. The Morgan fingerprint density at radius 1 is 0.960 bits per heavy atom. The first kappa shape index (κ1) is 17.5. The minimum atomic E-state index is -3.72.